The molecule has 0 fully saturated rings. The molecule has 0 saturated carbocycles. The maximum Gasteiger partial charge on any atom is 0.172 e. The number of rotatable bonds is 3. The molecule has 0 saturated heterocycles. The molecule has 2 rings (SSSR count). The quantitative estimate of drug-likeness (QED) is 0.716. The number of carbonyl (C=O) groups is 1. The molecule has 0 aliphatic carbocycles. The van der Waals surface area contributed by atoms with E-state index in [-0.39, 0.29) is 5.78 Å². The van der Waals surface area contributed by atoms with E-state index in [0.29, 0.717) is 6.42 Å². The highest BCUT2D eigenvalue weighted by Gasteiger charge is 2.10. The Balaban J connectivity index is 2.44. The smallest absolute Gasteiger partial charge is 0.172 e. The van der Waals surface area contributed by atoms with Gasteiger partial charge in [0, 0.05) is 16.3 Å². The van der Waals surface area contributed by atoms with Gasteiger partial charge in [-0.2, -0.15) is 0 Å². The van der Waals surface area contributed by atoms with Gasteiger partial charge in [-0.05, 0) is 36.2 Å². The Hall–Kier alpha value is -1.12. The van der Waals surface area contributed by atoms with E-state index in [1.165, 1.54) is 11.3 Å². The van der Waals surface area contributed by atoms with Crippen molar-refractivity contribution >= 4 is 28.7 Å². The summed E-state index contributed by atoms with van der Waals surface area (Å²) in [6, 6.07) is 9.74. The Morgan fingerprint density at radius 3 is 2.76 bits per heavy atom. The molecule has 0 spiro atoms. The van der Waals surface area contributed by atoms with Crippen molar-refractivity contribution in [2.24, 2.45) is 0 Å². The minimum absolute atomic E-state index is 0.195. The fraction of sp³-hybridized carbons (Fsp3) is 0.214. The van der Waals surface area contributed by atoms with Crippen LogP contribution in [0, 0.1) is 6.92 Å². The van der Waals surface area contributed by atoms with Crippen molar-refractivity contribution in [3.63, 3.8) is 0 Å². The molecule has 2 aromatic rings. The van der Waals surface area contributed by atoms with E-state index < -0.39 is 0 Å². The second-order valence-electron chi connectivity index (χ2n) is 3.85. The predicted octanol–water partition coefficient (Wildman–Crippen LogP) is 4.97. The maximum atomic E-state index is 11.6. The normalized spacial score (nSPS) is 10.5. The summed E-state index contributed by atoms with van der Waals surface area (Å²) in [6.45, 7) is 3.88. The van der Waals surface area contributed by atoms with Gasteiger partial charge in [-0.1, -0.05) is 30.7 Å². The molecule has 1 nitrogen and oxygen atoms in total. The maximum absolute atomic E-state index is 11.6. The fourth-order valence-electron chi connectivity index (χ4n) is 1.68. The molecule has 17 heavy (non-hydrogen) atoms. The van der Waals surface area contributed by atoms with E-state index >= 15 is 0 Å². The molecule has 0 N–H and O–H groups in total. The lowest BCUT2D eigenvalue weighted by Crippen LogP contribution is -1.90. The van der Waals surface area contributed by atoms with Crippen molar-refractivity contribution < 1.29 is 4.79 Å². The van der Waals surface area contributed by atoms with Gasteiger partial charge in [0.1, 0.15) is 0 Å². The van der Waals surface area contributed by atoms with Crippen LogP contribution in [0.5, 0.6) is 0 Å². The monoisotopic (exact) mass is 264 g/mol. The summed E-state index contributed by atoms with van der Waals surface area (Å²) in [5, 5.41) is 0.763. The number of hydrogen-bond donors (Lipinski definition) is 0. The summed E-state index contributed by atoms with van der Waals surface area (Å²) in [4.78, 5) is 13.5. The van der Waals surface area contributed by atoms with Gasteiger partial charge in [0.25, 0.3) is 0 Å². The van der Waals surface area contributed by atoms with Crippen molar-refractivity contribution in [3.05, 3.63) is 45.8 Å². The van der Waals surface area contributed by atoms with Crippen LogP contribution < -0.4 is 0 Å². The van der Waals surface area contributed by atoms with E-state index in [9.17, 15) is 4.79 Å². The standard InChI is InChI=1S/C14H13ClOS/c1-3-12(16)14-8-7-13(17-14)10-5-4-6-11(15)9(10)2/h4-8H,3H2,1-2H3. The molecule has 1 heterocycles. The summed E-state index contributed by atoms with van der Waals surface area (Å²) < 4.78 is 0. The van der Waals surface area contributed by atoms with Crippen molar-refractivity contribution in [2.45, 2.75) is 20.3 Å². The van der Waals surface area contributed by atoms with E-state index in [1.54, 1.807) is 0 Å². The lowest BCUT2D eigenvalue weighted by Gasteiger charge is -2.04. The number of halogens is 1. The van der Waals surface area contributed by atoms with E-state index in [2.05, 4.69) is 0 Å². The lowest BCUT2D eigenvalue weighted by molar-refractivity contribution is 0.0992. The Morgan fingerprint density at radius 1 is 1.29 bits per heavy atom. The zero-order valence-electron chi connectivity index (χ0n) is 9.79. The Labute approximate surface area is 110 Å². The molecule has 0 radical (unpaired) electrons. The van der Waals surface area contributed by atoms with E-state index in [0.717, 1.165) is 25.9 Å². The van der Waals surface area contributed by atoms with Crippen LogP contribution in [0.2, 0.25) is 5.02 Å². The zero-order chi connectivity index (χ0) is 12.4. The van der Waals surface area contributed by atoms with Gasteiger partial charge in [0.15, 0.2) is 5.78 Å². The first kappa shape index (κ1) is 12.3. The number of benzene rings is 1. The zero-order valence-corrected chi connectivity index (χ0v) is 11.4. The molecule has 3 heteroatoms. The van der Waals surface area contributed by atoms with Crippen LogP contribution in [0.1, 0.15) is 28.6 Å². The molecular formula is C14H13ClOS. The molecule has 1 aromatic heterocycles. The van der Waals surface area contributed by atoms with Gasteiger partial charge in [-0.15, -0.1) is 11.3 Å². The average molecular weight is 265 g/mol. The highest BCUT2D eigenvalue weighted by Crippen LogP contribution is 2.33. The third kappa shape index (κ3) is 2.43. The van der Waals surface area contributed by atoms with Gasteiger partial charge >= 0.3 is 0 Å². The largest absolute Gasteiger partial charge is 0.293 e. The van der Waals surface area contributed by atoms with E-state index in [1.807, 2.05) is 44.2 Å². The molecule has 0 atom stereocenters. The molecular weight excluding hydrogens is 252 g/mol. The average Bonchev–Trinajstić information content (AvgIpc) is 2.81. The Bertz CT molecular complexity index is 557. The summed E-state index contributed by atoms with van der Waals surface area (Å²) in [6.07, 6.45) is 0.550. The summed E-state index contributed by atoms with van der Waals surface area (Å²) in [7, 11) is 0. The molecule has 88 valence electrons. The van der Waals surface area contributed by atoms with Gasteiger partial charge in [-0.3, -0.25) is 4.79 Å². The number of Topliss-reactive ketones (excluding diaryl/α,β-unsaturated/α-hetero) is 1. The third-order valence-corrected chi connectivity index (χ3v) is 4.30. The van der Waals surface area contributed by atoms with Crippen molar-refractivity contribution in [1.82, 2.24) is 0 Å². The lowest BCUT2D eigenvalue weighted by atomic mass is 10.1. The minimum atomic E-state index is 0.195. The van der Waals surface area contributed by atoms with Crippen LogP contribution in [0.4, 0.5) is 0 Å². The fourth-order valence-corrected chi connectivity index (χ4v) is 2.95. The molecule has 0 aliphatic rings. The number of hydrogen-bond acceptors (Lipinski definition) is 2. The summed E-state index contributed by atoms with van der Waals surface area (Å²) in [5.74, 6) is 0.195. The number of carbonyl (C=O) groups excluding carboxylic acids is 1. The molecule has 0 aliphatic heterocycles. The van der Waals surface area contributed by atoms with Gasteiger partial charge < -0.3 is 0 Å². The van der Waals surface area contributed by atoms with Crippen molar-refractivity contribution in [2.75, 3.05) is 0 Å². The van der Waals surface area contributed by atoms with Crippen LogP contribution >= 0.6 is 22.9 Å². The Kier molecular flexibility index (Phi) is 3.65. The van der Waals surface area contributed by atoms with Crippen molar-refractivity contribution in [1.29, 1.82) is 0 Å². The molecule has 0 amide bonds. The minimum Gasteiger partial charge on any atom is -0.293 e. The topological polar surface area (TPSA) is 17.1 Å². The first-order chi connectivity index (χ1) is 8.13. The van der Waals surface area contributed by atoms with Crippen LogP contribution in [0.25, 0.3) is 10.4 Å². The number of thiophene rings is 1. The van der Waals surface area contributed by atoms with Crippen molar-refractivity contribution in [3.8, 4) is 10.4 Å². The molecule has 1 aromatic carbocycles. The first-order valence-corrected chi connectivity index (χ1v) is 6.71. The van der Waals surface area contributed by atoms with E-state index in [4.69, 9.17) is 11.6 Å². The van der Waals surface area contributed by atoms with Crippen LogP contribution in [-0.4, -0.2) is 5.78 Å². The highest BCUT2D eigenvalue weighted by molar-refractivity contribution is 7.17. The summed E-state index contributed by atoms with van der Waals surface area (Å²) in [5.41, 5.74) is 2.17. The molecule has 0 bridgehead atoms. The highest BCUT2D eigenvalue weighted by atomic mass is 35.5. The first-order valence-electron chi connectivity index (χ1n) is 5.52. The third-order valence-electron chi connectivity index (χ3n) is 2.74. The predicted molar refractivity (Wildman–Crippen MR) is 74.1 cm³/mol. The van der Waals surface area contributed by atoms with Gasteiger partial charge in [-0.25, -0.2) is 0 Å². The second kappa shape index (κ2) is 5.03. The van der Waals surface area contributed by atoms with Gasteiger partial charge in [0.05, 0.1) is 4.88 Å². The second-order valence-corrected chi connectivity index (χ2v) is 5.34. The Morgan fingerprint density at radius 2 is 2.06 bits per heavy atom. The van der Waals surface area contributed by atoms with Crippen LogP contribution in [0.3, 0.4) is 0 Å². The summed E-state index contributed by atoms with van der Waals surface area (Å²) >= 11 is 7.63. The SMILES string of the molecule is CCC(=O)c1ccc(-c2cccc(Cl)c2C)s1. The number of ketones is 1. The molecule has 0 unspecified atom stereocenters. The van der Waals surface area contributed by atoms with Crippen LogP contribution in [-0.2, 0) is 0 Å². The van der Waals surface area contributed by atoms with Gasteiger partial charge in [0.2, 0.25) is 0 Å². The van der Waals surface area contributed by atoms with Crippen LogP contribution in [0.15, 0.2) is 30.3 Å².